The fourth-order valence-corrected chi connectivity index (χ4v) is 2.05. The van der Waals surface area contributed by atoms with Crippen LogP contribution in [-0.4, -0.2) is 22.8 Å². The van der Waals surface area contributed by atoms with E-state index in [1.54, 1.807) is 19.2 Å². The Balaban J connectivity index is 1.95. The summed E-state index contributed by atoms with van der Waals surface area (Å²) in [5.74, 6) is 1.15. The Bertz CT molecular complexity index is 766. The third-order valence-corrected chi connectivity index (χ3v) is 3.08. The molecule has 21 heavy (non-hydrogen) atoms. The van der Waals surface area contributed by atoms with Crippen LogP contribution < -0.4 is 5.32 Å². The maximum atomic E-state index is 12.5. The molecule has 2 heterocycles. The maximum Gasteiger partial charge on any atom is 0.233 e. The molecule has 0 saturated heterocycles. The molecule has 3 rings (SSSR count). The van der Waals surface area contributed by atoms with Crippen LogP contribution in [0.4, 0.5) is 5.82 Å². The Morgan fingerprint density at radius 3 is 2.71 bits per heavy atom. The highest BCUT2D eigenvalue weighted by Gasteiger charge is 2.18. The van der Waals surface area contributed by atoms with Gasteiger partial charge in [0.25, 0.3) is 0 Å². The number of hydrogen-bond acceptors (Lipinski definition) is 5. The van der Waals surface area contributed by atoms with E-state index in [0.717, 1.165) is 5.56 Å². The average molecular weight is 279 g/mol. The second-order valence-corrected chi connectivity index (χ2v) is 4.39. The van der Waals surface area contributed by atoms with Crippen LogP contribution in [0.1, 0.15) is 16.1 Å². The summed E-state index contributed by atoms with van der Waals surface area (Å²) in [7, 11) is 1.71. The molecule has 5 heteroatoms. The Kier molecular flexibility index (Phi) is 3.47. The first-order valence-corrected chi connectivity index (χ1v) is 6.47. The number of anilines is 1. The Hall–Kier alpha value is -2.95. The molecule has 0 aliphatic heterocycles. The number of benzene rings is 1. The van der Waals surface area contributed by atoms with Crippen molar-refractivity contribution in [3.63, 3.8) is 0 Å². The Morgan fingerprint density at radius 2 is 1.95 bits per heavy atom. The van der Waals surface area contributed by atoms with Crippen molar-refractivity contribution < 1.29 is 9.21 Å². The average Bonchev–Trinajstić information content (AvgIpc) is 3.05. The molecule has 0 spiro atoms. The monoisotopic (exact) mass is 279 g/mol. The zero-order valence-electron chi connectivity index (χ0n) is 11.4. The summed E-state index contributed by atoms with van der Waals surface area (Å²) in [6, 6.07) is 13.1. The minimum atomic E-state index is -0.248. The van der Waals surface area contributed by atoms with Gasteiger partial charge in [-0.15, -0.1) is 0 Å². The highest BCUT2D eigenvalue weighted by Crippen LogP contribution is 2.24. The van der Waals surface area contributed by atoms with Crippen molar-refractivity contribution in [1.82, 2.24) is 9.97 Å². The second-order valence-electron chi connectivity index (χ2n) is 4.39. The number of aromatic nitrogens is 2. The second kappa shape index (κ2) is 5.58. The van der Waals surface area contributed by atoms with E-state index in [0.29, 0.717) is 17.1 Å². The van der Waals surface area contributed by atoms with Crippen molar-refractivity contribution in [2.75, 3.05) is 12.4 Å². The fourth-order valence-electron chi connectivity index (χ4n) is 2.05. The first-order chi connectivity index (χ1) is 10.3. The zero-order chi connectivity index (χ0) is 14.7. The van der Waals surface area contributed by atoms with Crippen molar-refractivity contribution in [1.29, 1.82) is 0 Å². The summed E-state index contributed by atoms with van der Waals surface area (Å²) in [4.78, 5) is 20.4. The quantitative estimate of drug-likeness (QED) is 0.743. The van der Waals surface area contributed by atoms with Gasteiger partial charge in [0.1, 0.15) is 17.9 Å². The highest BCUT2D eigenvalue weighted by molar-refractivity contribution is 6.10. The van der Waals surface area contributed by atoms with Gasteiger partial charge in [-0.2, -0.15) is 0 Å². The van der Waals surface area contributed by atoms with Crippen molar-refractivity contribution in [3.8, 4) is 11.3 Å². The number of furan rings is 1. The van der Waals surface area contributed by atoms with Gasteiger partial charge in [-0.1, -0.05) is 30.3 Å². The van der Waals surface area contributed by atoms with E-state index in [9.17, 15) is 4.79 Å². The van der Waals surface area contributed by atoms with Gasteiger partial charge in [0.2, 0.25) is 5.78 Å². The third-order valence-electron chi connectivity index (χ3n) is 3.08. The molecule has 0 fully saturated rings. The molecule has 5 nitrogen and oxygen atoms in total. The van der Waals surface area contributed by atoms with Gasteiger partial charge < -0.3 is 9.73 Å². The first kappa shape index (κ1) is 13.1. The summed E-state index contributed by atoms with van der Waals surface area (Å²) in [5.41, 5.74) is 1.31. The summed E-state index contributed by atoms with van der Waals surface area (Å²) >= 11 is 0. The van der Waals surface area contributed by atoms with E-state index >= 15 is 0 Å². The lowest BCUT2D eigenvalue weighted by atomic mass is 10.1. The lowest BCUT2D eigenvalue weighted by molar-refractivity contribution is 0.101. The lowest BCUT2D eigenvalue weighted by Crippen LogP contribution is -2.06. The molecule has 0 amide bonds. The number of hydrogen-bond donors (Lipinski definition) is 1. The van der Waals surface area contributed by atoms with E-state index in [-0.39, 0.29) is 11.5 Å². The first-order valence-electron chi connectivity index (χ1n) is 6.47. The smallest absolute Gasteiger partial charge is 0.233 e. The minimum Gasteiger partial charge on any atom is -0.453 e. The number of ketones is 1. The molecule has 1 aromatic carbocycles. The fraction of sp³-hybridized carbons (Fsp3) is 0.0625. The number of nitrogens with one attached hydrogen (secondary N) is 1. The van der Waals surface area contributed by atoms with E-state index in [4.69, 9.17) is 4.42 Å². The summed E-state index contributed by atoms with van der Waals surface area (Å²) in [6.07, 6.45) is 2.87. The number of rotatable bonds is 4. The van der Waals surface area contributed by atoms with Crippen LogP contribution >= 0.6 is 0 Å². The number of carbonyl (C=O) groups is 1. The summed E-state index contributed by atoms with van der Waals surface area (Å²) < 4.78 is 5.65. The molecule has 0 radical (unpaired) electrons. The molecule has 0 saturated carbocycles. The topological polar surface area (TPSA) is 68.0 Å². The molecule has 0 bridgehead atoms. The summed E-state index contributed by atoms with van der Waals surface area (Å²) in [5, 5.41) is 2.87. The molecular formula is C16H13N3O2. The van der Waals surface area contributed by atoms with Crippen LogP contribution in [0.2, 0.25) is 0 Å². The number of nitrogens with zero attached hydrogens (tertiary/aromatic N) is 2. The van der Waals surface area contributed by atoms with Crippen LogP contribution in [-0.2, 0) is 0 Å². The standard InChI is InChI=1S/C16H13N3O2/c1-17-16-12(9-18-10-19-16)15(20)14-8-7-13(21-14)11-5-3-2-4-6-11/h2-10H,1H3,(H,17,18,19). The van der Waals surface area contributed by atoms with Gasteiger partial charge in [-0.25, -0.2) is 9.97 Å². The molecule has 0 atom stereocenters. The van der Waals surface area contributed by atoms with E-state index in [1.807, 2.05) is 30.3 Å². The van der Waals surface area contributed by atoms with Gasteiger partial charge in [0.15, 0.2) is 5.76 Å². The molecule has 0 unspecified atom stereocenters. The Morgan fingerprint density at radius 1 is 1.14 bits per heavy atom. The molecular weight excluding hydrogens is 266 g/mol. The van der Waals surface area contributed by atoms with Crippen molar-refractivity contribution in [2.45, 2.75) is 0 Å². The number of carbonyl (C=O) groups excluding carboxylic acids is 1. The van der Waals surface area contributed by atoms with Crippen LogP contribution in [0.25, 0.3) is 11.3 Å². The predicted molar refractivity (Wildman–Crippen MR) is 79.2 cm³/mol. The van der Waals surface area contributed by atoms with Crippen LogP contribution in [0.15, 0.2) is 59.4 Å². The van der Waals surface area contributed by atoms with E-state index in [2.05, 4.69) is 15.3 Å². The van der Waals surface area contributed by atoms with Gasteiger partial charge in [0.05, 0.1) is 5.56 Å². The molecule has 0 aliphatic carbocycles. The maximum absolute atomic E-state index is 12.5. The van der Waals surface area contributed by atoms with E-state index < -0.39 is 0 Å². The molecule has 2 aromatic heterocycles. The largest absolute Gasteiger partial charge is 0.453 e. The molecule has 3 aromatic rings. The van der Waals surface area contributed by atoms with Gasteiger partial charge >= 0.3 is 0 Å². The normalized spacial score (nSPS) is 10.3. The van der Waals surface area contributed by atoms with Crippen LogP contribution in [0.5, 0.6) is 0 Å². The SMILES string of the molecule is CNc1ncncc1C(=O)c1ccc(-c2ccccc2)o1. The van der Waals surface area contributed by atoms with Crippen LogP contribution in [0.3, 0.4) is 0 Å². The van der Waals surface area contributed by atoms with E-state index in [1.165, 1.54) is 12.5 Å². The summed E-state index contributed by atoms with van der Waals surface area (Å²) in [6.45, 7) is 0. The minimum absolute atomic E-state index is 0.248. The molecule has 1 N–H and O–H groups in total. The van der Waals surface area contributed by atoms with Gasteiger partial charge in [-0.3, -0.25) is 4.79 Å². The lowest BCUT2D eigenvalue weighted by Gasteiger charge is -2.04. The molecule has 0 aliphatic rings. The Labute approximate surface area is 121 Å². The van der Waals surface area contributed by atoms with Crippen molar-refractivity contribution >= 4 is 11.6 Å². The molecule has 104 valence electrons. The highest BCUT2D eigenvalue weighted by atomic mass is 16.3. The van der Waals surface area contributed by atoms with Gasteiger partial charge in [-0.05, 0) is 12.1 Å². The van der Waals surface area contributed by atoms with Gasteiger partial charge in [0, 0.05) is 18.8 Å². The van der Waals surface area contributed by atoms with Crippen LogP contribution in [0, 0.1) is 0 Å². The zero-order valence-corrected chi connectivity index (χ0v) is 11.4. The predicted octanol–water partition coefficient (Wildman–Crippen LogP) is 3.01. The third kappa shape index (κ3) is 2.53. The van der Waals surface area contributed by atoms with Crippen molar-refractivity contribution in [2.24, 2.45) is 0 Å². The van der Waals surface area contributed by atoms with Crippen molar-refractivity contribution in [3.05, 3.63) is 66.3 Å².